The van der Waals surface area contributed by atoms with Crippen LogP contribution in [0.2, 0.25) is 0 Å². The normalized spacial score (nSPS) is 20.9. The van der Waals surface area contributed by atoms with E-state index in [2.05, 4.69) is 0 Å². The molecule has 1 fully saturated rings. The predicted molar refractivity (Wildman–Crippen MR) is 45.2 cm³/mol. The van der Waals surface area contributed by atoms with Gasteiger partial charge in [-0.25, -0.2) is 0 Å². The summed E-state index contributed by atoms with van der Waals surface area (Å²) in [5.74, 6) is 0. The second kappa shape index (κ2) is 2.75. The van der Waals surface area contributed by atoms with E-state index in [0.717, 1.165) is 12.2 Å². The quantitative estimate of drug-likeness (QED) is 0.600. The number of hydrogen-bond donors (Lipinski definition) is 0. The SMILES string of the molecule is Cc1ccn(C[C@H]2CO2)c(=O)c1. The minimum absolute atomic E-state index is 0.0606. The Morgan fingerprint density at radius 1 is 1.75 bits per heavy atom. The van der Waals surface area contributed by atoms with Gasteiger partial charge in [0.05, 0.1) is 19.3 Å². The van der Waals surface area contributed by atoms with Crippen LogP contribution in [0.5, 0.6) is 0 Å². The van der Waals surface area contributed by atoms with E-state index in [1.165, 1.54) is 0 Å². The Labute approximate surface area is 70.6 Å². The molecule has 1 atom stereocenters. The van der Waals surface area contributed by atoms with Crippen LogP contribution in [0.3, 0.4) is 0 Å². The van der Waals surface area contributed by atoms with Gasteiger partial charge in [0.25, 0.3) is 5.56 Å². The number of epoxide rings is 1. The molecule has 1 aromatic heterocycles. The third-order valence-electron chi connectivity index (χ3n) is 1.95. The highest BCUT2D eigenvalue weighted by molar-refractivity contribution is 5.08. The van der Waals surface area contributed by atoms with Crippen molar-refractivity contribution in [1.82, 2.24) is 4.57 Å². The Balaban J connectivity index is 2.24. The van der Waals surface area contributed by atoms with Crippen LogP contribution in [-0.4, -0.2) is 17.3 Å². The molecule has 0 bridgehead atoms. The lowest BCUT2D eigenvalue weighted by atomic mass is 10.3. The van der Waals surface area contributed by atoms with Crippen LogP contribution >= 0.6 is 0 Å². The molecule has 0 saturated carbocycles. The maximum atomic E-state index is 11.3. The lowest BCUT2D eigenvalue weighted by Crippen LogP contribution is -2.21. The molecule has 0 unspecified atom stereocenters. The molecule has 3 heteroatoms. The first-order chi connectivity index (χ1) is 5.75. The molecule has 0 aliphatic carbocycles. The van der Waals surface area contributed by atoms with Crippen molar-refractivity contribution in [3.8, 4) is 0 Å². The van der Waals surface area contributed by atoms with Gasteiger partial charge in [-0.1, -0.05) is 0 Å². The molecule has 1 aliphatic rings. The Bertz CT molecular complexity index is 339. The molecule has 1 saturated heterocycles. The zero-order chi connectivity index (χ0) is 8.55. The maximum absolute atomic E-state index is 11.3. The van der Waals surface area contributed by atoms with E-state index < -0.39 is 0 Å². The molecule has 0 amide bonds. The van der Waals surface area contributed by atoms with Crippen molar-refractivity contribution >= 4 is 0 Å². The van der Waals surface area contributed by atoms with Crippen molar-refractivity contribution < 1.29 is 4.74 Å². The lowest BCUT2D eigenvalue weighted by molar-refractivity contribution is 0.380. The summed E-state index contributed by atoms with van der Waals surface area (Å²) in [5, 5.41) is 0. The average Bonchev–Trinajstić information content (AvgIpc) is 2.79. The van der Waals surface area contributed by atoms with E-state index in [4.69, 9.17) is 4.74 Å². The van der Waals surface area contributed by atoms with Crippen LogP contribution in [0.1, 0.15) is 5.56 Å². The van der Waals surface area contributed by atoms with Gasteiger partial charge in [-0.05, 0) is 18.6 Å². The minimum Gasteiger partial charge on any atom is -0.371 e. The first-order valence-electron chi connectivity index (χ1n) is 4.04. The number of nitrogens with zero attached hydrogens (tertiary/aromatic N) is 1. The molecule has 3 nitrogen and oxygen atoms in total. The number of hydrogen-bond acceptors (Lipinski definition) is 2. The van der Waals surface area contributed by atoms with Gasteiger partial charge < -0.3 is 9.30 Å². The van der Waals surface area contributed by atoms with Crippen molar-refractivity contribution in [2.24, 2.45) is 0 Å². The highest BCUT2D eigenvalue weighted by Crippen LogP contribution is 2.10. The van der Waals surface area contributed by atoms with Crippen LogP contribution in [0.4, 0.5) is 0 Å². The van der Waals surface area contributed by atoms with E-state index in [-0.39, 0.29) is 11.7 Å². The highest BCUT2D eigenvalue weighted by Gasteiger charge is 2.22. The summed E-state index contributed by atoms with van der Waals surface area (Å²) in [4.78, 5) is 11.3. The van der Waals surface area contributed by atoms with Crippen molar-refractivity contribution in [1.29, 1.82) is 0 Å². The Morgan fingerprint density at radius 2 is 2.50 bits per heavy atom. The van der Waals surface area contributed by atoms with E-state index >= 15 is 0 Å². The van der Waals surface area contributed by atoms with E-state index in [1.807, 2.05) is 19.2 Å². The molecule has 0 N–H and O–H groups in total. The summed E-state index contributed by atoms with van der Waals surface area (Å²) < 4.78 is 6.72. The van der Waals surface area contributed by atoms with Gasteiger partial charge in [0.15, 0.2) is 0 Å². The largest absolute Gasteiger partial charge is 0.371 e. The lowest BCUT2D eigenvalue weighted by Gasteiger charge is -2.01. The number of ether oxygens (including phenoxy) is 1. The monoisotopic (exact) mass is 165 g/mol. The minimum atomic E-state index is 0.0606. The summed E-state index contributed by atoms with van der Waals surface area (Å²) in [7, 11) is 0. The Morgan fingerprint density at radius 3 is 3.08 bits per heavy atom. The van der Waals surface area contributed by atoms with Gasteiger partial charge >= 0.3 is 0 Å². The van der Waals surface area contributed by atoms with Gasteiger partial charge in [0.2, 0.25) is 0 Å². The second-order valence-electron chi connectivity index (χ2n) is 3.15. The Hall–Kier alpha value is -1.09. The fourth-order valence-electron chi connectivity index (χ4n) is 1.15. The van der Waals surface area contributed by atoms with Crippen molar-refractivity contribution in [2.45, 2.75) is 19.6 Å². The molecule has 0 spiro atoms. The van der Waals surface area contributed by atoms with Gasteiger partial charge in [-0.2, -0.15) is 0 Å². The van der Waals surface area contributed by atoms with Gasteiger partial charge in [0, 0.05) is 12.3 Å². The summed E-state index contributed by atoms with van der Waals surface area (Å²) in [5.41, 5.74) is 1.07. The number of aromatic nitrogens is 1. The number of aryl methyl sites for hydroxylation is 1. The third kappa shape index (κ3) is 1.56. The van der Waals surface area contributed by atoms with Crippen molar-refractivity contribution in [3.05, 3.63) is 34.2 Å². The molecule has 1 aromatic rings. The molecule has 64 valence electrons. The smallest absolute Gasteiger partial charge is 0.250 e. The van der Waals surface area contributed by atoms with E-state index in [0.29, 0.717) is 6.54 Å². The van der Waals surface area contributed by atoms with Crippen molar-refractivity contribution in [3.63, 3.8) is 0 Å². The van der Waals surface area contributed by atoms with Crippen LogP contribution in [-0.2, 0) is 11.3 Å². The van der Waals surface area contributed by atoms with Crippen molar-refractivity contribution in [2.75, 3.05) is 6.61 Å². The van der Waals surface area contributed by atoms with Crippen LogP contribution in [0, 0.1) is 6.92 Å². The zero-order valence-corrected chi connectivity index (χ0v) is 6.99. The molecule has 0 aromatic carbocycles. The standard InChI is InChI=1S/C9H11NO2/c1-7-2-3-10(9(11)4-7)5-8-6-12-8/h2-4,8H,5-6H2,1H3/t8-/m0/s1. The fraction of sp³-hybridized carbons (Fsp3) is 0.444. The van der Waals surface area contributed by atoms with Gasteiger partial charge in [0.1, 0.15) is 0 Å². The first-order valence-corrected chi connectivity index (χ1v) is 4.04. The number of rotatable bonds is 2. The molecular formula is C9H11NO2. The van der Waals surface area contributed by atoms with Gasteiger partial charge in [-0.3, -0.25) is 4.79 Å². The molecule has 2 rings (SSSR count). The van der Waals surface area contributed by atoms with Gasteiger partial charge in [-0.15, -0.1) is 0 Å². The second-order valence-corrected chi connectivity index (χ2v) is 3.15. The zero-order valence-electron chi connectivity index (χ0n) is 6.99. The fourth-order valence-corrected chi connectivity index (χ4v) is 1.15. The molecule has 2 heterocycles. The predicted octanol–water partition coefficient (Wildman–Crippen LogP) is 0.556. The third-order valence-corrected chi connectivity index (χ3v) is 1.95. The summed E-state index contributed by atoms with van der Waals surface area (Å²) in [6, 6.07) is 3.58. The summed E-state index contributed by atoms with van der Waals surface area (Å²) >= 11 is 0. The van der Waals surface area contributed by atoms with Crippen LogP contribution < -0.4 is 5.56 Å². The molecular weight excluding hydrogens is 154 g/mol. The summed E-state index contributed by atoms with van der Waals surface area (Å²) in [6.45, 7) is 3.40. The number of pyridine rings is 1. The summed E-state index contributed by atoms with van der Waals surface area (Å²) in [6.07, 6.45) is 2.09. The topological polar surface area (TPSA) is 34.5 Å². The Kier molecular flexibility index (Phi) is 1.73. The molecule has 12 heavy (non-hydrogen) atoms. The molecule has 0 radical (unpaired) electrons. The van der Waals surface area contributed by atoms with E-state index in [9.17, 15) is 4.79 Å². The molecule has 1 aliphatic heterocycles. The maximum Gasteiger partial charge on any atom is 0.250 e. The van der Waals surface area contributed by atoms with E-state index in [1.54, 1.807) is 10.6 Å². The van der Waals surface area contributed by atoms with Crippen LogP contribution in [0.15, 0.2) is 23.1 Å². The van der Waals surface area contributed by atoms with Crippen LogP contribution in [0.25, 0.3) is 0 Å². The average molecular weight is 165 g/mol. The highest BCUT2D eigenvalue weighted by atomic mass is 16.6. The first kappa shape index (κ1) is 7.55.